The molecule has 96 valence electrons. The van der Waals surface area contributed by atoms with Crippen molar-refractivity contribution in [3.63, 3.8) is 0 Å². The highest BCUT2D eigenvalue weighted by Gasteiger charge is 2.10. The van der Waals surface area contributed by atoms with Gasteiger partial charge in [-0.1, -0.05) is 23.7 Å². The summed E-state index contributed by atoms with van der Waals surface area (Å²) in [6.07, 6.45) is 3.51. The Balaban J connectivity index is 2.05. The molecule has 0 unspecified atom stereocenters. The van der Waals surface area contributed by atoms with Gasteiger partial charge in [0.05, 0.1) is 5.02 Å². The molecule has 20 heavy (non-hydrogen) atoms. The fourth-order valence-electron chi connectivity index (χ4n) is 2.35. The van der Waals surface area contributed by atoms with Gasteiger partial charge < -0.3 is 0 Å². The van der Waals surface area contributed by atoms with Crippen LogP contribution in [-0.2, 0) is 0 Å². The molecule has 2 aromatic heterocycles. The van der Waals surface area contributed by atoms with E-state index in [0.29, 0.717) is 5.02 Å². The van der Waals surface area contributed by atoms with E-state index in [4.69, 9.17) is 16.2 Å². The van der Waals surface area contributed by atoms with Gasteiger partial charge in [-0.25, -0.2) is 4.63 Å². The monoisotopic (exact) mass is 281 g/mol. The molecule has 0 saturated heterocycles. The lowest BCUT2D eigenvalue weighted by Gasteiger charge is -2.06. The molecule has 2 heterocycles. The lowest BCUT2D eigenvalue weighted by Crippen LogP contribution is -1.84. The van der Waals surface area contributed by atoms with Crippen molar-refractivity contribution < 1.29 is 4.63 Å². The molecule has 4 aromatic rings. The summed E-state index contributed by atoms with van der Waals surface area (Å²) in [6.45, 7) is 0. The first-order valence-electron chi connectivity index (χ1n) is 6.08. The van der Waals surface area contributed by atoms with E-state index in [0.717, 1.165) is 32.9 Å². The molecule has 2 aromatic carbocycles. The van der Waals surface area contributed by atoms with E-state index in [1.54, 1.807) is 12.4 Å². The second-order valence-electron chi connectivity index (χ2n) is 4.49. The second-order valence-corrected chi connectivity index (χ2v) is 4.90. The number of hydrogen-bond acceptors (Lipinski definition) is 4. The molecule has 0 radical (unpaired) electrons. The van der Waals surface area contributed by atoms with Gasteiger partial charge in [-0.05, 0) is 45.5 Å². The van der Waals surface area contributed by atoms with Crippen LogP contribution in [-0.4, -0.2) is 15.3 Å². The Morgan fingerprint density at radius 3 is 2.95 bits per heavy atom. The maximum atomic E-state index is 6.34. The Morgan fingerprint density at radius 2 is 2.00 bits per heavy atom. The molecular formula is C15H8ClN3O. The average Bonchev–Trinajstić information content (AvgIpc) is 2.95. The maximum Gasteiger partial charge on any atom is 0.143 e. The van der Waals surface area contributed by atoms with Crippen molar-refractivity contribution in [3.8, 4) is 11.1 Å². The van der Waals surface area contributed by atoms with E-state index in [-0.39, 0.29) is 0 Å². The molecule has 0 aliphatic carbocycles. The van der Waals surface area contributed by atoms with Gasteiger partial charge in [0.25, 0.3) is 0 Å². The zero-order chi connectivity index (χ0) is 13.5. The van der Waals surface area contributed by atoms with Crippen molar-refractivity contribution in [2.45, 2.75) is 0 Å². The van der Waals surface area contributed by atoms with E-state index in [9.17, 15) is 0 Å². The standard InChI is InChI=1S/C15H8ClN3O/c16-13-7-10(6-9-4-5-17-8-12(9)13)11-2-1-3-14-15(11)19-20-18-14/h1-8H. The minimum Gasteiger partial charge on any atom is -0.264 e. The Kier molecular flexibility index (Phi) is 2.44. The van der Waals surface area contributed by atoms with Crippen LogP contribution in [0.4, 0.5) is 0 Å². The third-order valence-corrected chi connectivity index (χ3v) is 3.62. The number of fused-ring (bicyclic) bond motifs is 2. The highest BCUT2D eigenvalue weighted by Crippen LogP contribution is 2.33. The minimum absolute atomic E-state index is 0.666. The van der Waals surface area contributed by atoms with E-state index in [2.05, 4.69) is 21.4 Å². The largest absolute Gasteiger partial charge is 0.264 e. The fraction of sp³-hybridized carbons (Fsp3) is 0. The molecule has 0 saturated carbocycles. The summed E-state index contributed by atoms with van der Waals surface area (Å²) in [5.74, 6) is 0. The summed E-state index contributed by atoms with van der Waals surface area (Å²) in [6, 6.07) is 11.7. The van der Waals surface area contributed by atoms with Crippen LogP contribution in [0.25, 0.3) is 32.9 Å². The van der Waals surface area contributed by atoms with Crippen LogP contribution in [0.5, 0.6) is 0 Å². The number of benzene rings is 2. The Hall–Kier alpha value is -2.46. The van der Waals surface area contributed by atoms with Crippen LogP contribution in [0.1, 0.15) is 0 Å². The first-order chi connectivity index (χ1) is 9.83. The highest BCUT2D eigenvalue weighted by molar-refractivity contribution is 6.35. The first-order valence-corrected chi connectivity index (χ1v) is 6.46. The van der Waals surface area contributed by atoms with Crippen LogP contribution < -0.4 is 0 Å². The highest BCUT2D eigenvalue weighted by atomic mass is 35.5. The van der Waals surface area contributed by atoms with Gasteiger partial charge in [0.15, 0.2) is 0 Å². The lowest BCUT2D eigenvalue weighted by molar-refractivity contribution is 0.315. The smallest absolute Gasteiger partial charge is 0.143 e. The molecule has 0 N–H and O–H groups in total. The maximum absolute atomic E-state index is 6.34. The summed E-state index contributed by atoms with van der Waals surface area (Å²) in [7, 11) is 0. The molecule has 0 atom stereocenters. The van der Waals surface area contributed by atoms with Crippen LogP contribution in [0.2, 0.25) is 5.02 Å². The third-order valence-electron chi connectivity index (χ3n) is 3.30. The molecule has 0 spiro atoms. The van der Waals surface area contributed by atoms with Crippen molar-refractivity contribution in [1.82, 2.24) is 15.3 Å². The topological polar surface area (TPSA) is 51.8 Å². The van der Waals surface area contributed by atoms with Crippen molar-refractivity contribution in [2.24, 2.45) is 0 Å². The van der Waals surface area contributed by atoms with Crippen LogP contribution in [0, 0.1) is 0 Å². The summed E-state index contributed by atoms with van der Waals surface area (Å²) in [4.78, 5) is 4.10. The van der Waals surface area contributed by atoms with E-state index in [1.165, 1.54) is 0 Å². The van der Waals surface area contributed by atoms with Crippen molar-refractivity contribution >= 4 is 33.4 Å². The van der Waals surface area contributed by atoms with Gasteiger partial charge >= 0.3 is 0 Å². The molecular weight excluding hydrogens is 274 g/mol. The van der Waals surface area contributed by atoms with Gasteiger partial charge in [-0.15, -0.1) is 0 Å². The molecule has 0 bridgehead atoms. The van der Waals surface area contributed by atoms with Crippen molar-refractivity contribution in [2.75, 3.05) is 0 Å². The van der Waals surface area contributed by atoms with Crippen molar-refractivity contribution in [3.05, 3.63) is 53.8 Å². The number of nitrogens with zero attached hydrogens (tertiary/aromatic N) is 3. The quantitative estimate of drug-likeness (QED) is 0.527. The fourth-order valence-corrected chi connectivity index (χ4v) is 2.62. The predicted molar refractivity (Wildman–Crippen MR) is 77.6 cm³/mol. The van der Waals surface area contributed by atoms with Gasteiger partial charge in [-0.2, -0.15) is 0 Å². The Morgan fingerprint density at radius 1 is 1.05 bits per heavy atom. The normalized spacial score (nSPS) is 11.2. The van der Waals surface area contributed by atoms with Crippen molar-refractivity contribution in [1.29, 1.82) is 0 Å². The van der Waals surface area contributed by atoms with Gasteiger partial charge in [0.2, 0.25) is 0 Å². The first kappa shape index (κ1) is 11.4. The van der Waals surface area contributed by atoms with E-state index >= 15 is 0 Å². The number of halogens is 1. The Bertz CT molecular complexity index is 933. The summed E-state index contributed by atoms with van der Waals surface area (Å²) in [5.41, 5.74) is 3.39. The molecule has 4 nitrogen and oxygen atoms in total. The zero-order valence-electron chi connectivity index (χ0n) is 10.2. The molecule has 0 fully saturated rings. The Labute approximate surface area is 119 Å². The predicted octanol–water partition coefficient (Wildman–Crippen LogP) is 4.09. The summed E-state index contributed by atoms with van der Waals surface area (Å²) < 4.78 is 4.80. The number of pyridine rings is 1. The molecule has 0 amide bonds. The average molecular weight is 282 g/mol. The van der Waals surface area contributed by atoms with Gasteiger partial charge in [-0.3, -0.25) is 4.98 Å². The van der Waals surface area contributed by atoms with Gasteiger partial charge in [0.1, 0.15) is 11.0 Å². The molecule has 0 aliphatic rings. The third kappa shape index (κ3) is 1.66. The van der Waals surface area contributed by atoms with E-state index < -0.39 is 0 Å². The van der Waals surface area contributed by atoms with E-state index in [1.807, 2.05) is 30.3 Å². The lowest BCUT2D eigenvalue weighted by atomic mass is 10.0. The zero-order valence-corrected chi connectivity index (χ0v) is 11.0. The number of hydrogen-bond donors (Lipinski definition) is 0. The van der Waals surface area contributed by atoms with Crippen LogP contribution in [0.3, 0.4) is 0 Å². The summed E-state index contributed by atoms with van der Waals surface area (Å²) in [5, 5.41) is 10.5. The number of aromatic nitrogens is 3. The van der Waals surface area contributed by atoms with Crippen LogP contribution in [0.15, 0.2) is 53.4 Å². The summed E-state index contributed by atoms with van der Waals surface area (Å²) >= 11 is 6.34. The molecule has 5 heteroatoms. The number of rotatable bonds is 1. The SMILES string of the molecule is Clc1cc(-c2cccc3nonc23)cc2ccncc12. The van der Waals surface area contributed by atoms with Crippen LogP contribution >= 0.6 is 11.6 Å². The van der Waals surface area contributed by atoms with Gasteiger partial charge in [0, 0.05) is 23.3 Å². The molecule has 0 aliphatic heterocycles. The minimum atomic E-state index is 0.666. The second kappa shape index (κ2) is 4.28. The molecule has 4 rings (SSSR count).